The van der Waals surface area contributed by atoms with Crippen molar-refractivity contribution in [1.29, 1.82) is 0 Å². The molecule has 0 aliphatic heterocycles. The Labute approximate surface area is 79.9 Å². The molecule has 2 rings (SSSR count). The fraction of sp³-hybridized carbons (Fsp3) is 0.375. The SMILES string of the molecule is OC[C@H](O)Cn1cnc2cncnc21. The standard InChI is InChI=1S/C8H10N4O2/c13-3-6(14)2-12-5-11-7-1-9-4-10-8(7)12/h1,4-6,13-14H,2-3H2/t6-/m1/s1. The van der Waals surface area contributed by atoms with Crippen LogP contribution in [0.1, 0.15) is 0 Å². The molecule has 14 heavy (non-hydrogen) atoms. The van der Waals surface area contributed by atoms with Gasteiger partial charge in [-0.2, -0.15) is 0 Å². The molecule has 2 aromatic heterocycles. The lowest BCUT2D eigenvalue weighted by molar-refractivity contribution is 0.0820. The van der Waals surface area contributed by atoms with Gasteiger partial charge in [0.1, 0.15) is 11.8 Å². The van der Waals surface area contributed by atoms with Gasteiger partial charge in [-0.25, -0.2) is 15.0 Å². The highest BCUT2D eigenvalue weighted by Crippen LogP contribution is 2.07. The van der Waals surface area contributed by atoms with Crippen molar-refractivity contribution in [3.8, 4) is 0 Å². The summed E-state index contributed by atoms with van der Waals surface area (Å²) in [6.07, 6.45) is 3.80. The van der Waals surface area contributed by atoms with Gasteiger partial charge in [0, 0.05) is 0 Å². The van der Waals surface area contributed by atoms with Crippen molar-refractivity contribution in [3.05, 3.63) is 18.9 Å². The molecule has 0 aromatic carbocycles. The molecule has 0 amide bonds. The number of imidazole rings is 1. The molecule has 0 spiro atoms. The minimum atomic E-state index is -0.789. The second-order valence-electron chi connectivity index (χ2n) is 2.96. The predicted molar refractivity (Wildman–Crippen MR) is 48.4 cm³/mol. The molecule has 74 valence electrons. The topological polar surface area (TPSA) is 84.1 Å². The van der Waals surface area contributed by atoms with Crippen molar-refractivity contribution >= 4 is 11.2 Å². The van der Waals surface area contributed by atoms with Crippen LogP contribution in [0.3, 0.4) is 0 Å². The zero-order valence-corrected chi connectivity index (χ0v) is 7.41. The highest BCUT2D eigenvalue weighted by Gasteiger charge is 2.07. The van der Waals surface area contributed by atoms with Crippen molar-refractivity contribution in [3.63, 3.8) is 0 Å². The summed E-state index contributed by atoms with van der Waals surface area (Å²) < 4.78 is 1.68. The maximum absolute atomic E-state index is 9.25. The van der Waals surface area contributed by atoms with E-state index in [0.717, 1.165) is 0 Å². The number of nitrogens with zero attached hydrogens (tertiary/aromatic N) is 4. The summed E-state index contributed by atoms with van der Waals surface area (Å²) in [7, 11) is 0. The zero-order valence-electron chi connectivity index (χ0n) is 7.41. The first kappa shape index (κ1) is 9.04. The Morgan fingerprint density at radius 2 is 2.29 bits per heavy atom. The van der Waals surface area contributed by atoms with Crippen LogP contribution in [0.4, 0.5) is 0 Å². The van der Waals surface area contributed by atoms with E-state index in [2.05, 4.69) is 15.0 Å². The number of fused-ring (bicyclic) bond motifs is 1. The van der Waals surface area contributed by atoms with E-state index in [9.17, 15) is 5.11 Å². The lowest BCUT2D eigenvalue weighted by atomic mass is 10.4. The maximum Gasteiger partial charge on any atom is 0.163 e. The van der Waals surface area contributed by atoms with E-state index in [1.165, 1.54) is 6.33 Å². The minimum absolute atomic E-state index is 0.273. The van der Waals surface area contributed by atoms with Gasteiger partial charge >= 0.3 is 0 Å². The summed E-state index contributed by atoms with van der Waals surface area (Å²) in [6.45, 7) is 0.00870. The van der Waals surface area contributed by atoms with Crippen molar-refractivity contribution < 1.29 is 10.2 Å². The number of aromatic nitrogens is 4. The average Bonchev–Trinajstić information content (AvgIpc) is 2.62. The van der Waals surface area contributed by atoms with Crippen LogP contribution in [-0.4, -0.2) is 42.4 Å². The number of hydrogen-bond donors (Lipinski definition) is 2. The number of hydrogen-bond acceptors (Lipinski definition) is 5. The highest BCUT2D eigenvalue weighted by atomic mass is 16.3. The largest absolute Gasteiger partial charge is 0.394 e. The second kappa shape index (κ2) is 3.69. The molecule has 2 N–H and O–H groups in total. The number of rotatable bonds is 3. The normalized spacial score (nSPS) is 13.3. The van der Waals surface area contributed by atoms with E-state index >= 15 is 0 Å². The maximum atomic E-state index is 9.25. The third-order valence-corrected chi connectivity index (χ3v) is 1.90. The van der Waals surface area contributed by atoms with Crippen LogP contribution in [0.25, 0.3) is 11.2 Å². The summed E-state index contributed by atoms with van der Waals surface area (Å²) in [4.78, 5) is 11.9. The number of aliphatic hydroxyl groups is 2. The Balaban J connectivity index is 2.33. The van der Waals surface area contributed by atoms with Crippen molar-refractivity contribution in [2.75, 3.05) is 6.61 Å². The van der Waals surface area contributed by atoms with Gasteiger partial charge in [-0.05, 0) is 0 Å². The summed E-state index contributed by atoms with van der Waals surface area (Å²) in [5.74, 6) is 0. The molecule has 0 saturated carbocycles. The molecule has 0 unspecified atom stereocenters. The molecule has 0 saturated heterocycles. The first-order valence-electron chi connectivity index (χ1n) is 4.21. The van der Waals surface area contributed by atoms with Crippen LogP contribution >= 0.6 is 0 Å². The molecule has 6 heteroatoms. The molecule has 0 aliphatic rings. The van der Waals surface area contributed by atoms with Crippen molar-refractivity contribution in [1.82, 2.24) is 19.5 Å². The molecule has 0 bridgehead atoms. The smallest absolute Gasteiger partial charge is 0.163 e. The molecule has 6 nitrogen and oxygen atoms in total. The van der Waals surface area contributed by atoms with Gasteiger partial charge < -0.3 is 14.8 Å². The quantitative estimate of drug-likeness (QED) is 0.667. The monoisotopic (exact) mass is 194 g/mol. The van der Waals surface area contributed by atoms with Crippen LogP contribution in [-0.2, 0) is 6.54 Å². The van der Waals surface area contributed by atoms with Gasteiger partial charge in [0.05, 0.1) is 31.8 Å². The lowest BCUT2D eigenvalue weighted by Crippen LogP contribution is -2.19. The Bertz CT molecular complexity index is 428. The zero-order chi connectivity index (χ0) is 9.97. The molecule has 1 atom stereocenters. The summed E-state index contributed by atoms with van der Waals surface area (Å²) >= 11 is 0. The van der Waals surface area contributed by atoms with E-state index in [1.54, 1.807) is 17.1 Å². The predicted octanol–water partition coefficient (Wildman–Crippen LogP) is -0.821. The van der Waals surface area contributed by atoms with E-state index in [-0.39, 0.29) is 13.2 Å². The molecule has 2 heterocycles. The Kier molecular flexibility index (Phi) is 2.38. The first-order valence-corrected chi connectivity index (χ1v) is 4.21. The van der Waals surface area contributed by atoms with Gasteiger partial charge in [-0.1, -0.05) is 0 Å². The summed E-state index contributed by atoms with van der Waals surface area (Å²) in [5.41, 5.74) is 1.34. The minimum Gasteiger partial charge on any atom is -0.394 e. The van der Waals surface area contributed by atoms with Crippen LogP contribution in [0.15, 0.2) is 18.9 Å². The van der Waals surface area contributed by atoms with Crippen LogP contribution in [0.5, 0.6) is 0 Å². The Hall–Kier alpha value is -1.53. The van der Waals surface area contributed by atoms with E-state index in [4.69, 9.17) is 5.11 Å². The molecular formula is C8H10N4O2. The van der Waals surface area contributed by atoms with Crippen molar-refractivity contribution in [2.24, 2.45) is 0 Å². The molecule has 2 aromatic rings. The third-order valence-electron chi connectivity index (χ3n) is 1.90. The van der Waals surface area contributed by atoms with E-state index < -0.39 is 6.10 Å². The van der Waals surface area contributed by atoms with Crippen LogP contribution < -0.4 is 0 Å². The highest BCUT2D eigenvalue weighted by molar-refractivity contribution is 5.68. The second-order valence-corrected chi connectivity index (χ2v) is 2.96. The number of aliphatic hydroxyl groups excluding tert-OH is 2. The Morgan fingerprint density at radius 3 is 3.07 bits per heavy atom. The molecular weight excluding hydrogens is 184 g/mol. The summed E-state index contributed by atoms with van der Waals surface area (Å²) in [5, 5.41) is 17.9. The van der Waals surface area contributed by atoms with Crippen LogP contribution in [0, 0.1) is 0 Å². The third kappa shape index (κ3) is 1.57. The van der Waals surface area contributed by atoms with Gasteiger partial charge in [0.25, 0.3) is 0 Å². The summed E-state index contributed by atoms with van der Waals surface area (Å²) in [6, 6.07) is 0. The fourth-order valence-electron chi connectivity index (χ4n) is 1.23. The lowest BCUT2D eigenvalue weighted by Gasteiger charge is -2.07. The molecule has 0 fully saturated rings. The van der Waals surface area contributed by atoms with Crippen molar-refractivity contribution in [2.45, 2.75) is 12.6 Å². The molecule has 0 aliphatic carbocycles. The van der Waals surface area contributed by atoms with Gasteiger partial charge in [-0.15, -0.1) is 0 Å². The Morgan fingerprint density at radius 1 is 1.43 bits per heavy atom. The molecule has 0 radical (unpaired) electrons. The van der Waals surface area contributed by atoms with Gasteiger partial charge in [0.2, 0.25) is 0 Å². The fourth-order valence-corrected chi connectivity index (χ4v) is 1.23. The van der Waals surface area contributed by atoms with E-state index in [1.807, 2.05) is 0 Å². The van der Waals surface area contributed by atoms with Gasteiger partial charge in [-0.3, -0.25) is 0 Å². The first-order chi connectivity index (χ1) is 6.81. The van der Waals surface area contributed by atoms with E-state index in [0.29, 0.717) is 11.2 Å². The van der Waals surface area contributed by atoms with Crippen LogP contribution in [0.2, 0.25) is 0 Å². The average molecular weight is 194 g/mol. The van der Waals surface area contributed by atoms with Gasteiger partial charge in [0.15, 0.2) is 5.65 Å².